The van der Waals surface area contributed by atoms with Gasteiger partial charge in [-0.25, -0.2) is 0 Å². The molecule has 0 unspecified atom stereocenters. The predicted molar refractivity (Wildman–Crippen MR) is 74.7 cm³/mol. The maximum Gasteiger partial charge on any atom is 0.387 e. The highest BCUT2D eigenvalue weighted by molar-refractivity contribution is 6.34. The average molecular weight is 313 g/mol. The largest absolute Gasteiger partial charge is 0.435 e. The fourth-order valence-electron chi connectivity index (χ4n) is 1.64. The van der Waals surface area contributed by atoms with Gasteiger partial charge in [-0.2, -0.15) is 13.9 Å². The summed E-state index contributed by atoms with van der Waals surface area (Å²) in [5.74, 6) is -0.283. The first-order valence-corrected chi connectivity index (χ1v) is 6.30. The number of allylic oxidation sites excluding steroid dienone is 1. The minimum absolute atomic E-state index is 0.0567. The molecule has 0 aliphatic heterocycles. The summed E-state index contributed by atoms with van der Waals surface area (Å²) in [5.41, 5.74) is 0.824. The maximum atomic E-state index is 12.0. The van der Waals surface area contributed by atoms with Crippen LogP contribution in [-0.4, -0.2) is 22.2 Å². The van der Waals surface area contributed by atoms with E-state index in [-0.39, 0.29) is 22.2 Å². The Kier molecular flexibility index (Phi) is 4.70. The van der Waals surface area contributed by atoms with Crippen molar-refractivity contribution in [1.29, 1.82) is 0 Å². The van der Waals surface area contributed by atoms with E-state index in [9.17, 15) is 13.6 Å². The third kappa shape index (κ3) is 4.13. The number of alkyl halides is 2. The topological polar surface area (TPSA) is 44.1 Å². The van der Waals surface area contributed by atoms with Gasteiger partial charge in [0.25, 0.3) is 0 Å². The van der Waals surface area contributed by atoms with Crippen molar-refractivity contribution in [3.63, 3.8) is 0 Å². The Morgan fingerprint density at radius 2 is 2.05 bits per heavy atom. The Bertz CT molecular complexity index is 666. The van der Waals surface area contributed by atoms with E-state index in [2.05, 4.69) is 9.84 Å². The molecule has 4 nitrogen and oxygen atoms in total. The molecule has 0 atom stereocenters. The van der Waals surface area contributed by atoms with Gasteiger partial charge in [-0.05, 0) is 23.8 Å². The number of nitrogens with zero attached hydrogens (tertiary/aromatic N) is 2. The Morgan fingerprint density at radius 1 is 1.38 bits per heavy atom. The molecular weight excluding hydrogens is 302 g/mol. The Balaban J connectivity index is 2.07. The van der Waals surface area contributed by atoms with Crippen LogP contribution in [0.3, 0.4) is 0 Å². The van der Waals surface area contributed by atoms with Crippen LogP contribution in [0.4, 0.5) is 8.78 Å². The van der Waals surface area contributed by atoms with E-state index in [0.29, 0.717) is 5.56 Å². The number of ether oxygens (including phenoxy) is 1. The normalized spacial score (nSPS) is 11.3. The number of ketones is 1. The molecule has 0 aliphatic rings. The summed E-state index contributed by atoms with van der Waals surface area (Å²) in [4.78, 5) is 11.9. The van der Waals surface area contributed by atoms with Crippen LogP contribution in [-0.2, 0) is 7.05 Å². The maximum absolute atomic E-state index is 12.0. The van der Waals surface area contributed by atoms with E-state index >= 15 is 0 Å². The van der Waals surface area contributed by atoms with Crippen LogP contribution >= 0.6 is 11.6 Å². The molecule has 21 heavy (non-hydrogen) atoms. The molecular formula is C14H11ClF2N2O2. The van der Waals surface area contributed by atoms with Crippen LogP contribution in [0.2, 0.25) is 5.02 Å². The summed E-state index contributed by atoms with van der Waals surface area (Å²) < 4.78 is 29.7. The molecule has 0 fully saturated rings. The zero-order valence-electron chi connectivity index (χ0n) is 11.0. The summed E-state index contributed by atoms with van der Waals surface area (Å²) in [6.07, 6.45) is 4.38. The molecule has 0 amide bonds. The smallest absolute Gasteiger partial charge is 0.387 e. The first-order valence-electron chi connectivity index (χ1n) is 5.92. The van der Waals surface area contributed by atoms with Gasteiger partial charge in [0.05, 0.1) is 5.02 Å². The van der Waals surface area contributed by atoms with Crippen LogP contribution in [0.25, 0.3) is 6.08 Å². The van der Waals surface area contributed by atoms with Gasteiger partial charge in [0.2, 0.25) is 5.78 Å². The molecule has 110 valence electrons. The van der Waals surface area contributed by atoms with E-state index in [0.717, 1.165) is 0 Å². The van der Waals surface area contributed by atoms with Crippen molar-refractivity contribution in [2.75, 3.05) is 0 Å². The second-order valence-electron chi connectivity index (χ2n) is 4.14. The molecule has 1 heterocycles. The van der Waals surface area contributed by atoms with Crippen molar-refractivity contribution >= 4 is 23.5 Å². The lowest BCUT2D eigenvalue weighted by molar-refractivity contribution is -0.0498. The fraction of sp³-hybridized carbons (Fsp3) is 0.143. The van der Waals surface area contributed by atoms with Crippen molar-refractivity contribution in [3.8, 4) is 5.75 Å². The highest BCUT2D eigenvalue weighted by Gasteiger charge is 2.11. The minimum atomic E-state index is -2.86. The van der Waals surface area contributed by atoms with E-state index in [1.807, 2.05) is 0 Å². The molecule has 0 saturated carbocycles. The SMILES string of the molecule is Cn1cc(Cl)c(C(=O)/C=C/c2ccc(OC(F)F)cc2)n1. The Labute approximate surface area is 124 Å². The van der Waals surface area contributed by atoms with Crippen molar-refractivity contribution in [2.45, 2.75) is 6.61 Å². The Hall–Kier alpha value is -2.21. The number of aromatic nitrogens is 2. The number of hydrogen-bond donors (Lipinski definition) is 0. The summed E-state index contributed by atoms with van der Waals surface area (Å²) in [6, 6.07) is 5.90. The van der Waals surface area contributed by atoms with Crippen molar-refractivity contribution in [3.05, 3.63) is 52.8 Å². The number of hydrogen-bond acceptors (Lipinski definition) is 3. The van der Waals surface area contributed by atoms with Crippen molar-refractivity contribution in [1.82, 2.24) is 9.78 Å². The van der Waals surface area contributed by atoms with Crippen molar-refractivity contribution < 1.29 is 18.3 Å². The molecule has 1 aromatic heterocycles. The van der Waals surface area contributed by atoms with Gasteiger partial charge in [-0.3, -0.25) is 9.48 Å². The third-order valence-electron chi connectivity index (χ3n) is 2.55. The molecule has 2 aromatic rings. The van der Waals surface area contributed by atoms with Crippen LogP contribution in [0.1, 0.15) is 16.1 Å². The van der Waals surface area contributed by atoms with E-state index in [1.165, 1.54) is 29.1 Å². The summed E-state index contributed by atoms with van der Waals surface area (Å²) in [6.45, 7) is -2.86. The molecule has 0 spiro atoms. The van der Waals surface area contributed by atoms with Gasteiger partial charge in [-0.15, -0.1) is 0 Å². The lowest BCUT2D eigenvalue weighted by atomic mass is 10.1. The van der Waals surface area contributed by atoms with E-state index in [1.54, 1.807) is 25.3 Å². The van der Waals surface area contributed by atoms with Crippen molar-refractivity contribution in [2.24, 2.45) is 7.05 Å². The zero-order chi connectivity index (χ0) is 15.4. The van der Waals surface area contributed by atoms with E-state index < -0.39 is 6.61 Å². The van der Waals surface area contributed by atoms with Crippen LogP contribution in [0.15, 0.2) is 36.5 Å². The number of halogens is 3. The van der Waals surface area contributed by atoms with Gasteiger partial charge in [0.15, 0.2) is 5.69 Å². The quantitative estimate of drug-likeness (QED) is 0.626. The zero-order valence-corrected chi connectivity index (χ0v) is 11.7. The molecule has 2 rings (SSSR count). The van der Waals surface area contributed by atoms with Gasteiger partial charge >= 0.3 is 6.61 Å². The Morgan fingerprint density at radius 3 is 2.57 bits per heavy atom. The standard InChI is InChI=1S/C14H11ClF2N2O2/c1-19-8-11(15)13(18-19)12(20)7-4-9-2-5-10(6-3-9)21-14(16)17/h2-8,14H,1H3/b7-4+. The lowest BCUT2D eigenvalue weighted by Crippen LogP contribution is -2.01. The fourth-order valence-corrected chi connectivity index (χ4v) is 1.91. The molecule has 0 N–H and O–H groups in total. The minimum Gasteiger partial charge on any atom is -0.435 e. The number of benzene rings is 1. The summed E-state index contributed by atoms with van der Waals surface area (Å²) >= 11 is 5.87. The number of carbonyl (C=O) groups is 1. The predicted octanol–water partition coefficient (Wildman–Crippen LogP) is 3.57. The second kappa shape index (κ2) is 6.49. The van der Waals surface area contributed by atoms with Gasteiger partial charge in [-0.1, -0.05) is 29.8 Å². The molecule has 0 saturated heterocycles. The van der Waals surface area contributed by atoms with Gasteiger partial charge in [0.1, 0.15) is 5.75 Å². The third-order valence-corrected chi connectivity index (χ3v) is 2.83. The van der Waals surface area contributed by atoms with E-state index in [4.69, 9.17) is 11.6 Å². The molecule has 0 bridgehead atoms. The highest BCUT2D eigenvalue weighted by Crippen LogP contribution is 2.17. The van der Waals surface area contributed by atoms with Gasteiger partial charge < -0.3 is 4.74 Å². The first kappa shape index (κ1) is 15.2. The molecule has 0 radical (unpaired) electrons. The summed E-state index contributed by atoms with van der Waals surface area (Å²) in [7, 11) is 1.66. The second-order valence-corrected chi connectivity index (χ2v) is 4.55. The molecule has 7 heteroatoms. The lowest BCUT2D eigenvalue weighted by Gasteiger charge is -2.03. The first-order chi connectivity index (χ1) is 9.95. The highest BCUT2D eigenvalue weighted by atomic mass is 35.5. The number of carbonyl (C=O) groups excluding carboxylic acids is 1. The monoisotopic (exact) mass is 312 g/mol. The van der Waals surface area contributed by atoms with Gasteiger partial charge in [0, 0.05) is 13.2 Å². The molecule has 1 aromatic carbocycles. The summed E-state index contributed by atoms with van der Waals surface area (Å²) in [5, 5.41) is 4.22. The van der Waals surface area contributed by atoms with Crippen LogP contribution in [0, 0.1) is 0 Å². The van der Waals surface area contributed by atoms with Crippen LogP contribution < -0.4 is 4.74 Å². The number of aryl methyl sites for hydroxylation is 1. The molecule has 0 aliphatic carbocycles. The average Bonchev–Trinajstić information content (AvgIpc) is 2.76. The van der Waals surface area contributed by atoms with Crippen LogP contribution in [0.5, 0.6) is 5.75 Å². The number of rotatable bonds is 5.